The summed E-state index contributed by atoms with van der Waals surface area (Å²) >= 11 is 0. The molecule has 46 heavy (non-hydrogen) atoms. The van der Waals surface area contributed by atoms with Crippen LogP contribution >= 0.6 is 0 Å². The van der Waals surface area contributed by atoms with Crippen molar-refractivity contribution in [1.29, 1.82) is 5.26 Å². The molecular formula is C39H30N4O3. The van der Waals surface area contributed by atoms with Crippen LogP contribution in [0.4, 0.5) is 17.1 Å². The Bertz CT molecular complexity index is 1960. The molecule has 7 nitrogen and oxygen atoms in total. The number of aliphatic carboxylic acids is 1. The summed E-state index contributed by atoms with van der Waals surface area (Å²) in [4.78, 5) is 13.4. The fourth-order valence-electron chi connectivity index (χ4n) is 5.53. The number of para-hydroxylation sites is 1. The van der Waals surface area contributed by atoms with Gasteiger partial charge in [-0.2, -0.15) is 5.26 Å². The van der Waals surface area contributed by atoms with Gasteiger partial charge in [0.1, 0.15) is 11.6 Å². The van der Waals surface area contributed by atoms with Crippen molar-refractivity contribution in [1.82, 2.24) is 10.2 Å². The smallest absolute Gasteiger partial charge is 0.346 e. The van der Waals surface area contributed by atoms with E-state index in [1.165, 1.54) is 17.2 Å². The van der Waals surface area contributed by atoms with E-state index in [4.69, 9.17) is 9.68 Å². The van der Waals surface area contributed by atoms with Crippen LogP contribution in [0.25, 0.3) is 17.5 Å². The van der Waals surface area contributed by atoms with Crippen molar-refractivity contribution in [3.63, 3.8) is 0 Å². The number of benzene rings is 5. The highest BCUT2D eigenvalue weighted by Gasteiger charge is 2.31. The van der Waals surface area contributed by atoms with E-state index >= 15 is 0 Å². The highest BCUT2D eigenvalue weighted by molar-refractivity contribution is 5.96. The number of rotatable bonds is 10. The second-order valence-corrected chi connectivity index (χ2v) is 11.0. The predicted octanol–water partition coefficient (Wildman–Crippen LogP) is 8.75. The molecule has 0 radical (unpaired) electrons. The van der Waals surface area contributed by atoms with Gasteiger partial charge in [0, 0.05) is 34.5 Å². The van der Waals surface area contributed by atoms with E-state index in [1.54, 1.807) is 18.2 Å². The minimum absolute atomic E-state index is 0.322. The molecule has 0 amide bonds. The fourth-order valence-corrected chi connectivity index (χ4v) is 5.53. The number of carbonyl (C=O) groups is 1. The monoisotopic (exact) mass is 602 g/mol. The van der Waals surface area contributed by atoms with Crippen molar-refractivity contribution in [2.45, 2.75) is 18.8 Å². The van der Waals surface area contributed by atoms with Crippen LogP contribution in [0.15, 0.2) is 150 Å². The van der Waals surface area contributed by atoms with Crippen molar-refractivity contribution in [3.8, 4) is 17.5 Å². The van der Waals surface area contributed by atoms with Crippen molar-refractivity contribution < 1.29 is 14.3 Å². The van der Waals surface area contributed by atoms with Gasteiger partial charge in [0.05, 0.1) is 0 Å². The van der Waals surface area contributed by atoms with Crippen molar-refractivity contribution in [2.75, 3.05) is 4.90 Å². The summed E-state index contributed by atoms with van der Waals surface area (Å²) in [6, 6.07) is 47.7. The molecule has 6 aromatic rings. The SMILES string of the molecule is CC(Cc1nnc(-c2ccc(N(c3ccccc3)c3ccc(/C=C(\C#N)C(=O)O)cc3)cc2)o1)(c1ccccc1)c1ccccc1. The highest BCUT2D eigenvalue weighted by Crippen LogP contribution is 2.37. The third-order valence-electron chi connectivity index (χ3n) is 7.99. The molecule has 0 aliphatic rings. The Balaban J connectivity index is 1.28. The Hall–Kier alpha value is -6.26. The van der Waals surface area contributed by atoms with Gasteiger partial charge in [-0.3, -0.25) is 0 Å². The van der Waals surface area contributed by atoms with Crippen LogP contribution in [-0.2, 0) is 16.6 Å². The highest BCUT2D eigenvalue weighted by atomic mass is 16.4. The summed E-state index contributed by atoms with van der Waals surface area (Å²) in [5, 5.41) is 27.2. The van der Waals surface area contributed by atoms with E-state index in [0.717, 1.165) is 22.6 Å². The predicted molar refractivity (Wildman–Crippen MR) is 179 cm³/mol. The van der Waals surface area contributed by atoms with Crippen LogP contribution in [0.2, 0.25) is 0 Å². The molecular weight excluding hydrogens is 572 g/mol. The Morgan fingerprint density at radius 3 is 1.78 bits per heavy atom. The van der Waals surface area contributed by atoms with Crippen molar-refractivity contribution >= 4 is 29.1 Å². The molecule has 7 heteroatoms. The molecule has 224 valence electrons. The number of nitrogens with zero attached hydrogens (tertiary/aromatic N) is 4. The molecule has 0 fully saturated rings. The third-order valence-corrected chi connectivity index (χ3v) is 7.99. The van der Waals surface area contributed by atoms with Crippen LogP contribution in [0, 0.1) is 11.3 Å². The van der Waals surface area contributed by atoms with Crippen LogP contribution in [0.3, 0.4) is 0 Å². The topological polar surface area (TPSA) is 103 Å². The minimum atomic E-state index is -1.26. The summed E-state index contributed by atoms with van der Waals surface area (Å²) < 4.78 is 6.24. The molecule has 0 atom stereocenters. The van der Waals surface area contributed by atoms with Crippen LogP contribution in [0.5, 0.6) is 0 Å². The zero-order chi connectivity index (χ0) is 31.9. The van der Waals surface area contributed by atoms with Gasteiger partial charge in [-0.1, -0.05) is 97.9 Å². The van der Waals surface area contributed by atoms with E-state index < -0.39 is 5.97 Å². The van der Waals surface area contributed by atoms with E-state index in [0.29, 0.717) is 23.8 Å². The van der Waals surface area contributed by atoms with Gasteiger partial charge in [-0.05, 0) is 71.3 Å². The van der Waals surface area contributed by atoms with E-state index in [1.807, 2.05) is 103 Å². The number of carboxylic acid groups (broad SMARTS) is 1. The number of nitriles is 1. The Morgan fingerprint density at radius 1 is 0.761 bits per heavy atom. The number of aromatic nitrogens is 2. The Kier molecular flexibility index (Phi) is 8.53. The summed E-state index contributed by atoms with van der Waals surface area (Å²) in [5.41, 5.74) is 5.80. The molecule has 0 bridgehead atoms. The van der Waals surface area contributed by atoms with E-state index in [9.17, 15) is 9.90 Å². The maximum Gasteiger partial charge on any atom is 0.346 e. The molecule has 1 heterocycles. The zero-order valence-corrected chi connectivity index (χ0v) is 25.1. The lowest BCUT2D eigenvalue weighted by atomic mass is 9.74. The standard InChI is InChI=1S/C39H30N4O3/c1-39(31-11-5-2-6-12-31,32-13-7-3-8-14-32)26-36-41-42-37(46-36)29-19-23-35(24-20-29)43(33-15-9-4-10-16-33)34-21-17-28(18-22-34)25-30(27-40)38(44)45/h2-25H,26H2,1H3,(H,44,45)/b30-25+. The summed E-state index contributed by atoms with van der Waals surface area (Å²) in [7, 11) is 0. The van der Waals surface area contributed by atoms with Gasteiger partial charge in [0.15, 0.2) is 0 Å². The first kappa shape index (κ1) is 29.8. The van der Waals surface area contributed by atoms with Crippen LogP contribution < -0.4 is 4.90 Å². The lowest BCUT2D eigenvalue weighted by Crippen LogP contribution is -2.26. The largest absolute Gasteiger partial charge is 0.477 e. The first-order chi connectivity index (χ1) is 22.4. The second-order valence-electron chi connectivity index (χ2n) is 11.0. The summed E-state index contributed by atoms with van der Waals surface area (Å²) in [5.74, 6) is -0.261. The van der Waals surface area contributed by atoms with Gasteiger partial charge >= 0.3 is 5.97 Å². The van der Waals surface area contributed by atoms with E-state index in [2.05, 4.69) is 46.3 Å². The van der Waals surface area contributed by atoms with Crippen LogP contribution in [-0.4, -0.2) is 21.3 Å². The molecule has 1 N–H and O–H groups in total. The lowest BCUT2D eigenvalue weighted by molar-refractivity contribution is -0.132. The molecule has 1 aromatic heterocycles. The summed E-state index contributed by atoms with van der Waals surface area (Å²) in [6.45, 7) is 2.20. The minimum Gasteiger partial charge on any atom is -0.477 e. The van der Waals surface area contributed by atoms with Gasteiger partial charge < -0.3 is 14.4 Å². The first-order valence-corrected chi connectivity index (χ1v) is 14.8. The number of anilines is 3. The third kappa shape index (κ3) is 6.33. The summed E-state index contributed by atoms with van der Waals surface area (Å²) in [6.07, 6.45) is 1.90. The molecule has 0 aliphatic carbocycles. The molecule has 0 aliphatic heterocycles. The molecule has 5 aromatic carbocycles. The quantitative estimate of drug-likeness (QED) is 0.123. The van der Waals surface area contributed by atoms with Crippen molar-refractivity contribution in [3.05, 3.63) is 168 Å². The Morgan fingerprint density at radius 2 is 1.26 bits per heavy atom. The molecule has 0 unspecified atom stereocenters. The number of carboxylic acids is 1. The molecule has 0 saturated heterocycles. The second kappa shape index (κ2) is 13.2. The normalized spacial score (nSPS) is 11.5. The molecule has 0 spiro atoms. The van der Waals surface area contributed by atoms with E-state index in [-0.39, 0.29) is 11.0 Å². The first-order valence-electron chi connectivity index (χ1n) is 14.8. The average molecular weight is 603 g/mol. The average Bonchev–Trinajstić information content (AvgIpc) is 3.57. The van der Waals surface area contributed by atoms with Gasteiger partial charge in [0.25, 0.3) is 0 Å². The van der Waals surface area contributed by atoms with Gasteiger partial charge in [-0.25, -0.2) is 4.79 Å². The zero-order valence-electron chi connectivity index (χ0n) is 25.1. The number of hydrogen-bond acceptors (Lipinski definition) is 6. The fraction of sp³-hybridized carbons (Fsp3) is 0.0769. The molecule has 0 saturated carbocycles. The number of hydrogen-bond donors (Lipinski definition) is 1. The maximum atomic E-state index is 11.3. The maximum absolute atomic E-state index is 11.3. The Labute approximate surface area is 267 Å². The van der Waals surface area contributed by atoms with Crippen molar-refractivity contribution in [2.24, 2.45) is 0 Å². The molecule has 6 rings (SSSR count). The lowest BCUT2D eigenvalue weighted by Gasteiger charge is -2.29. The van der Waals surface area contributed by atoms with Gasteiger partial charge in [-0.15, -0.1) is 10.2 Å². The van der Waals surface area contributed by atoms with Gasteiger partial charge in [0.2, 0.25) is 11.8 Å². The van der Waals surface area contributed by atoms with Crippen LogP contribution in [0.1, 0.15) is 29.5 Å².